The minimum absolute atomic E-state index is 0.0619. The molecule has 0 aliphatic rings. The molecule has 122 valence electrons. The molecule has 0 bridgehead atoms. The summed E-state index contributed by atoms with van der Waals surface area (Å²) in [5, 5.41) is 2.86. The van der Waals surface area contributed by atoms with Gasteiger partial charge in [-0.25, -0.2) is 4.39 Å². The van der Waals surface area contributed by atoms with E-state index in [4.69, 9.17) is 4.74 Å². The Kier molecular flexibility index (Phi) is 6.94. The molecule has 0 saturated carbocycles. The highest BCUT2D eigenvalue weighted by Gasteiger charge is 2.05. The topological polar surface area (TPSA) is 38.3 Å². The van der Waals surface area contributed by atoms with Crippen LogP contribution in [-0.4, -0.2) is 18.3 Å². The van der Waals surface area contributed by atoms with E-state index in [-0.39, 0.29) is 11.7 Å². The predicted octanol–water partition coefficient (Wildman–Crippen LogP) is 3.77. The fraction of sp³-hybridized carbons (Fsp3) is 0.278. The highest BCUT2D eigenvalue weighted by Crippen LogP contribution is 2.15. The molecular formula is C18H20FNO2S. The summed E-state index contributed by atoms with van der Waals surface area (Å²) in [4.78, 5) is 11.8. The van der Waals surface area contributed by atoms with E-state index in [1.807, 2.05) is 31.2 Å². The van der Waals surface area contributed by atoms with Gasteiger partial charge in [0.25, 0.3) is 0 Å². The standard InChI is InChI=1S/C18H20FNO2S/c1-2-22-16-8-5-6-14(10-16)11-20-18(21)13-23-12-15-7-3-4-9-17(15)19/h3-10H,2,11-13H2,1H3,(H,20,21). The lowest BCUT2D eigenvalue weighted by molar-refractivity contribution is -0.118. The lowest BCUT2D eigenvalue weighted by Crippen LogP contribution is -2.24. The van der Waals surface area contributed by atoms with E-state index in [0.29, 0.717) is 30.2 Å². The monoisotopic (exact) mass is 333 g/mol. The Bertz CT molecular complexity index is 648. The number of benzene rings is 2. The van der Waals surface area contributed by atoms with Gasteiger partial charge in [0.2, 0.25) is 5.91 Å². The Hall–Kier alpha value is -2.01. The van der Waals surface area contributed by atoms with Crippen molar-refractivity contribution in [3.05, 3.63) is 65.5 Å². The second kappa shape index (κ2) is 9.20. The molecule has 0 aromatic heterocycles. The molecule has 0 heterocycles. The zero-order valence-corrected chi connectivity index (χ0v) is 13.9. The zero-order valence-electron chi connectivity index (χ0n) is 13.0. The Morgan fingerprint density at radius 2 is 2.04 bits per heavy atom. The third-order valence-corrected chi connectivity index (χ3v) is 4.13. The van der Waals surface area contributed by atoms with Crippen molar-refractivity contribution in [2.24, 2.45) is 0 Å². The van der Waals surface area contributed by atoms with E-state index in [1.54, 1.807) is 18.2 Å². The van der Waals surface area contributed by atoms with Crippen molar-refractivity contribution in [3.63, 3.8) is 0 Å². The lowest BCUT2D eigenvalue weighted by Gasteiger charge is -2.08. The molecular weight excluding hydrogens is 313 g/mol. The maximum Gasteiger partial charge on any atom is 0.230 e. The summed E-state index contributed by atoms with van der Waals surface area (Å²) in [5.41, 5.74) is 1.61. The minimum atomic E-state index is -0.229. The summed E-state index contributed by atoms with van der Waals surface area (Å²) in [6.45, 7) is 3.00. The molecule has 0 unspecified atom stereocenters. The maximum absolute atomic E-state index is 13.5. The molecule has 0 aliphatic heterocycles. The average molecular weight is 333 g/mol. The summed E-state index contributed by atoms with van der Waals surface area (Å²) < 4.78 is 18.9. The minimum Gasteiger partial charge on any atom is -0.494 e. The van der Waals surface area contributed by atoms with Crippen LogP contribution in [-0.2, 0) is 17.1 Å². The average Bonchev–Trinajstić information content (AvgIpc) is 2.55. The molecule has 2 rings (SSSR count). The number of carbonyl (C=O) groups excluding carboxylic acids is 1. The van der Waals surface area contributed by atoms with E-state index < -0.39 is 0 Å². The summed E-state index contributed by atoms with van der Waals surface area (Å²) >= 11 is 1.40. The van der Waals surface area contributed by atoms with Crippen molar-refractivity contribution < 1.29 is 13.9 Å². The number of thioether (sulfide) groups is 1. The number of rotatable bonds is 8. The molecule has 2 aromatic carbocycles. The first kappa shape index (κ1) is 17.3. The number of amides is 1. The van der Waals surface area contributed by atoms with Crippen molar-refractivity contribution in [3.8, 4) is 5.75 Å². The smallest absolute Gasteiger partial charge is 0.230 e. The Morgan fingerprint density at radius 3 is 2.83 bits per heavy atom. The van der Waals surface area contributed by atoms with Crippen LogP contribution in [0.4, 0.5) is 4.39 Å². The molecule has 5 heteroatoms. The fourth-order valence-electron chi connectivity index (χ4n) is 2.03. The number of ether oxygens (including phenoxy) is 1. The van der Waals surface area contributed by atoms with E-state index in [9.17, 15) is 9.18 Å². The Labute approximate surface area is 140 Å². The summed E-state index contributed by atoms with van der Waals surface area (Å²) in [6, 6.07) is 14.3. The summed E-state index contributed by atoms with van der Waals surface area (Å²) in [6.07, 6.45) is 0. The molecule has 0 aliphatic carbocycles. The van der Waals surface area contributed by atoms with Crippen LogP contribution in [0, 0.1) is 5.82 Å². The van der Waals surface area contributed by atoms with E-state index >= 15 is 0 Å². The molecule has 3 nitrogen and oxygen atoms in total. The Morgan fingerprint density at radius 1 is 1.22 bits per heavy atom. The Balaban J connectivity index is 1.73. The van der Waals surface area contributed by atoms with Crippen molar-refractivity contribution in [1.29, 1.82) is 0 Å². The van der Waals surface area contributed by atoms with Crippen LogP contribution >= 0.6 is 11.8 Å². The third-order valence-electron chi connectivity index (χ3n) is 3.15. The maximum atomic E-state index is 13.5. The van der Waals surface area contributed by atoms with Crippen molar-refractivity contribution in [2.75, 3.05) is 12.4 Å². The van der Waals surface area contributed by atoms with Crippen LogP contribution in [0.3, 0.4) is 0 Å². The van der Waals surface area contributed by atoms with E-state index in [0.717, 1.165) is 11.3 Å². The molecule has 23 heavy (non-hydrogen) atoms. The van der Waals surface area contributed by atoms with Crippen molar-refractivity contribution in [1.82, 2.24) is 5.32 Å². The second-order valence-electron chi connectivity index (χ2n) is 4.94. The van der Waals surface area contributed by atoms with Gasteiger partial charge in [-0.15, -0.1) is 11.8 Å². The predicted molar refractivity (Wildman–Crippen MR) is 92.0 cm³/mol. The van der Waals surface area contributed by atoms with Gasteiger partial charge in [0.05, 0.1) is 12.4 Å². The van der Waals surface area contributed by atoms with Gasteiger partial charge in [-0.1, -0.05) is 30.3 Å². The first-order chi connectivity index (χ1) is 11.2. The highest BCUT2D eigenvalue weighted by molar-refractivity contribution is 7.99. The molecule has 0 atom stereocenters. The van der Waals surface area contributed by atoms with Crippen molar-refractivity contribution >= 4 is 17.7 Å². The number of carbonyl (C=O) groups is 1. The first-order valence-corrected chi connectivity index (χ1v) is 8.64. The molecule has 0 spiro atoms. The number of halogens is 1. The van der Waals surface area contributed by atoms with Crippen LogP contribution in [0.25, 0.3) is 0 Å². The third kappa shape index (κ3) is 5.94. The summed E-state index contributed by atoms with van der Waals surface area (Å²) in [7, 11) is 0. The molecule has 1 N–H and O–H groups in total. The van der Waals surface area contributed by atoms with Gasteiger partial charge in [-0.05, 0) is 36.2 Å². The zero-order chi connectivity index (χ0) is 16.5. The van der Waals surface area contributed by atoms with Gasteiger partial charge in [0.1, 0.15) is 11.6 Å². The number of hydrogen-bond acceptors (Lipinski definition) is 3. The van der Waals surface area contributed by atoms with E-state index in [2.05, 4.69) is 5.32 Å². The number of nitrogens with one attached hydrogen (secondary N) is 1. The van der Waals surface area contributed by atoms with Gasteiger partial charge in [0.15, 0.2) is 0 Å². The SMILES string of the molecule is CCOc1cccc(CNC(=O)CSCc2ccccc2F)c1. The van der Waals surface area contributed by atoms with Crippen LogP contribution in [0.5, 0.6) is 5.75 Å². The van der Waals surface area contributed by atoms with Crippen LogP contribution in [0.1, 0.15) is 18.1 Å². The number of hydrogen-bond donors (Lipinski definition) is 1. The summed E-state index contributed by atoms with van der Waals surface area (Å²) in [5.74, 6) is 1.30. The highest BCUT2D eigenvalue weighted by atomic mass is 32.2. The molecule has 0 fully saturated rings. The molecule has 2 aromatic rings. The van der Waals surface area contributed by atoms with Gasteiger partial charge in [0, 0.05) is 12.3 Å². The lowest BCUT2D eigenvalue weighted by atomic mass is 10.2. The van der Waals surface area contributed by atoms with Gasteiger partial charge in [-0.3, -0.25) is 4.79 Å². The van der Waals surface area contributed by atoms with Gasteiger partial charge < -0.3 is 10.1 Å². The van der Waals surface area contributed by atoms with Crippen LogP contribution in [0.15, 0.2) is 48.5 Å². The quantitative estimate of drug-likeness (QED) is 0.799. The van der Waals surface area contributed by atoms with Gasteiger partial charge in [-0.2, -0.15) is 0 Å². The second-order valence-corrected chi connectivity index (χ2v) is 5.93. The normalized spacial score (nSPS) is 10.3. The molecule has 1 amide bonds. The molecule has 0 saturated heterocycles. The van der Waals surface area contributed by atoms with E-state index in [1.165, 1.54) is 17.8 Å². The van der Waals surface area contributed by atoms with Crippen molar-refractivity contribution in [2.45, 2.75) is 19.2 Å². The molecule has 0 radical (unpaired) electrons. The fourth-order valence-corrected chi connectivity index (χ4v) is 2.88. The van der Waals surface area contributed by atoms with Crippen LogP contribution in [0.2, 0.25) is 0 Å². The van der Waals surface area contributed by atoms with Crippen LogP contribution < -0.4 is 10.1 Å². The van der Waals surface area contributed by atoms with Gasteiger partial charge >= 0.3 is 0 Å². The first-order valence-electron chi connectivity index (χ1n) is 7.48. The largest absolute Gasteiger partial charge is 0.494 e.